The van der Waals surface area contributed by atoms with Crippen molar-refractivity contribution in [3.05, 3.63) is 64.4 Å². The molecular formula is C20H20ClN3O3. The number of methoxy groups -OCH3 is 2. The number of benzene rings is 2. The lowest BCUT2D eigenvalue weighted by atomic mass is 10.2. The maximum atomic E-state index is 12.8. The summed E-state index contributed by atoms with van der Waals surface area (Å²) < 4.78 is 12.3. The van der Waals surface area contributed by atoms with Crippen molar-refractivity contribution in [3.63, 3.8) is 0 Å². The fourth-order valence-electron chi connectivity index (χ4n) is 2.82. The predicted molar refractivity (Wildman–Crippen MR) is 106 cm³/mol. The van der Waals surface area contributed by atoms with E-state index in [1.165, 1.54) is 14.2 Å². The first kappa shape index (κ1) is 18.8. The number of nitrogens with one attached hydrogen (secondary N) is 1. The van der Waals surface area contributed by atoms with E-state index < -0.39 is 0 Å². The van der Waals surface area contributed by atoms with E-state index in [2.05, 4.69) is 10.4 Å². The van der Waals surface area contributed by atoms with Crippen LogP contribution in [-0.4, -0.2) is 29.9 Å². The van der Waals surface area contributed by atoms with Gasteiger partial charge in [0.1, 0.15) is 11.5 Å². The van der Waals surface area contributed by atoms with E-state index in [0.29, 0.717) is 27.8 Å². The van der Waals surface area contributed by atoms with Crippen LogP contribution in [0.3, 0.4) is 0 Å². The van der Waals surface area contributed by atoms with Gasteiger partial charge in [0.05, 0.1) is 48.1 Å². The number of para-hydroxylation sites is 1. The van der Waals surface area contributed by atoms with E-state index in [9.17, 15) is 4.79 Å². The molecule has 0 aliphatic rings. The molecule has 1 aromatic heterocycles. The van der Waals surface area contributed by atoms with E-state index in [4.69, 9.17) is 21.1 Å². The number of carbonyl (C=O) groups is 1. The van der Waals surface area contributed by atoms with Crippen LogP contribution in [0.1, 0.15) is 21.6 Å². The highest BCUT2D eigenvalue weighted by molar-refractivity contribution is 6.32. The van der Waals surface area contributed by atoms with Gasteiger partial charge in [-0.3, -0.25) is 4.79 Å². The molecule has 0 unspecified atom stereocenters. The zero-order valence-electron chi connectivity index (χ0n) is 15.5. The molecule has 1 N–H and O–H groups in total. The van der Waals surface area contributed by atoms with Crippen LogP contribution in [0.2, 0.25) is 5.02 Å². The number of carbonyl (C=O) groups excluding carboxylic acids is 1. The standard InChI is InChI=1S/C20H20ClN3O3/c1-12-7-5-6-8-17(12)24-13(2)14(11-22-24)20(25)23-16-9-15(21)18(26-3)10-19(16)27-4/h5-11H,1-4H3,(H,23,25). The second-order valence-electron chi connectivity index (χ2n) is 5.98. The van der Waals surface area contributed by atoms with Gasteiger partial charge in [-0.2, -0.15) is 5.10 Å². The molecule has 0 bridgehead atoms. The zero-order chi connectivity index (χ0) is 19.6. The fourth-order valence-corrected chi connectivity index (χ4v) is 3.06. The number of aromatic nitrogens is 2. The quantitative estimate of drug-likeness (QED) is 0.706. The molecule has 0 saturated carbocycles. The minimum Gasteiger partial charge on any atom is -0.495 e. The van der Waals surface area contributed by atoms with E-state index in [-0.39, 0.29) is 5.91 Å². The molecule has 2 aromatic carbocycles. The number of amides is 1. The molecule has 1 heterocycles. The molecular weight excluding hydrogens is 366 g/mol. The number of nitrogens with zero attached hydrogens (tertiary/aromatic N) is 2. The SMILES string of the molecule is COc1cc(OC)c(NC(=O)c2cnn(-c3ccccc3C)c2C)cc1Cl. The van der Waals surface area contributed by atoms with Gasteiger partial charge in [0.25, 0.3) is 5.91 Å². The first-order valence-corrected chi connectivity index (χ1v) is 8.67. The Morgan fingerprint density at radius 2 is 1.81 bits per heavy atom. The average molecular weight is 386 g/mol. The third kappa shape index (κ3) is 3.61. The number of hydrogen-bond donors (Lipinski definition) is 1. The molecule has 7 heteroatoms. The lowest BCUT2D eigenvalue weighted by molar-refractivity contribution is 0.102. The predicted octanol–water partition coefficient (Wildman–Crippen LogP) is 4.41. The Morgan fingerprint density at radius 1 is 1.11 bits per heavy atom. The van der Waals surface area contributed by atoms with Crippen LogP contribution in [0.5, 0.6) is 11.5 Å². The van der Waals surface area contributed by atoms with Gasteiger partial charge in [0.15, 0.2) is 0 Å². The number of anilines is 1. The molecule has 27 heavy (non-hydrogen) atoms. The molecule has 0 saturated heterocycles. The Bertz CT molecular complexity index is 998. The lowest BCUT2D eigenvalue weighted by Gasteiger charge is -2.13. The maximum Gasteiger partial charge on any atom is 0.259 e. The second-order valence-corrected chi connectivity index (χ2v) is 6.39. The highest BCUT2D eigenvalue weighted by Crippen LogP contribution is 2.36. The summed E-state index contributed by atoms with van der Waals surface area (Å²) in [6, 6.07) is 11.1. The molecule has 0 radical (unpaired) electrons. The Hall–Kier alpha value is -2.99. The monoisotopic (exact) mass is 385 g/mol. The van der Waals surface area contributed by atoms with Crippen molar-refractivity contribution in [1.29, 1.82) is 0 Å². The molecule has 0 atom stereocenters. The molecule has 6 nitrogen and oxygen atoms in total. The minimum absolute atomic E-state index is 0.299. The highest BCUT2D eigenvalue weighted by Gasteiger charge is 2.18. The molecule has 0 spiro atoms. The smallest absolute Gasteiger partial charge is 0.259 e. The molecule has 140 valence electrons. The molecule has 0 aliphatic carbocycles. The summed E-state index contributed by atoms with van der Waals surface area (Å²) in [5.74, 6) is 0.621. The third-order valence-corrected chi connectivity index (χ3v) is 4.62. The number of ether oxygens (including phenoxy) is 2. The summed E-state index contributed by atoms with van der Waals surface area (Å²) in [7, 11) is 3.03. The van der Waals surface area contributed by atoms with Gasteiger partial charge in [0.2, 0.25) is 0 Å². The topological polar surface area (TPSA) is 65.4 Å². The van der Waals surface area contributed by atoms with Gasteiger partial charge in [-0.05, 0) is 31.5 Å². The van der Waals surface area contributed by atoms with Crippen molar-refractivity contribution < 1.29 is 14.3 Å². The number of hydrogen-bond acceptors (Lipinski definition) is 4. The molecule has 0 fully saturated rings. The number of aryl methyl sites for hydroxylation is 1. The van der Waals surface area contributed by atoms with Crippen molar-refractivity contribution in [3.8, 4) is 17.2 Å². The van der Waals surface area contributed by atoms with E-state index in [0.717, 1.165) is 16.9 Å². The summed E-state index contributed by atoms with van der Waals surface area (Å²) in [5.41, 5.74) is 3.65. The van der Waals surface area contributed by atoms with E-state index >= 15 is 0 Å². The highest BCUT2D eigenvalue weighted by atomic mass is 35.5. The summed E-state index contributed by atoms with van der Waals surface area (Å²) in [5, 5.41) is 7.58. The van der Waals surface area contributed by atoms with Crippen LogP contribution in [0, 0.1) is 13.8 Å². The van der Waals surface area contributed by atoms with Gasteiger partial charge in [-0.25, -0.2) is 4.68 Å². The zero-order valence-corrected chi connectivity index (χ0v) is 16.3. The lowest BCUT2D eigenvalue weighted by Crippen LogP contribution is -2.14. The van der Waals surface area contributed by atoms with Crippen molar-refractivity contribution in [1.82, 2.24) is 9.78 Å². The Morgan fingerprint density at radius 3 is 2.48 bits per heavy atom. The second kappa shape index (κ2) is 7.72. The van der Waals surface area contributed by atoms with Crippen LogP contribution in [-0.2, 0) is 0 Å². The third-order valence-electron chi connectivity index (χ3n) is 4.32. The summed E-state index contributed by atoms with van der Waals surface area (Å²) in [6.45, 7) is 3.85. The van der Waals surface area contributed by atoms with Gasteiger partial charge < -0.3 is 14.8 Å². The molecule has 1 amide bonds. The van der Waals surface area contributed by atoms with Gasteiger partial charge >= 0.3 is 0 Å². The number of halogens is 1. The van der Waals surface area contributed by atoms with Crippen molar-refractivity contribution >= 4 is 23.2 Å². The summed E-state index contributed by atoms with van der Waals surface area (Å²) in [4.78, 5) is 12.8. The first-order chi connectivity index (χ1) is 13.0. The van der Waals surface area contributed by atoms with E-state index in [1.54, 1.807) is 23.0 Å². The van der Waals surface area contributed by atoms with Crippen LogP contribution in [0.25, 0.3) is 5.69 Å². The number of rotatable bonds is 5. The van der Waals surface area contributed by atoms with Crippen LogP contribution in [0.4, 0.5) is 5.69 Å². The normalized spacial score (nSPS) is 10.6. The Balaban J connectivity index is 1.92. The maximum absolute atomic E-state index is 12.8. The molecule has 3 aromatic rings. The fraction of sp³-hybridized carbons (Fsp3) is 0.200. The molecule has 0 aliphatic heterocycles. The van der Waals surface area contributed by atoms with Crippen LogP contribution < -0.4 is 14.8 Å². The first-order valence-electron chi connectivity index (χ1n) is 8.29. The van der Waals surface area contributed by atoms with E-state index in [1.807, 2.05) is 38.1 Å². The Kier molecular flexibility index (Phi) is 5.37. The summed E-state index contributed by atoms with van der Waals surface area (Å²) >= 11 is 6.17. The largest absolute Gasteiger partial charge is 0.495 e. The van der Waals surface area contributed by atoms with Crippen molar-refractivity contribution in [2.75, 3.05) is 19.5 Å². The van der Waals surface area contributed by atoms with Gasteiger partial charge in [0, 0.05) is 6.07 Å². The summed E-state index contributed by atoms with van der Waals surface area (Å²) in [6.07, 6.45) is 1.55. The Labute approximate surface area is 162 Å². The average Bonchev–Trinajstić information content (AvgIpc) is 3.03. The minimum atomic E-state index is -0.299. The van der Waals surface area contributed by atoms with Crippen LogP contribution >= 0.6 is 11.6 Å². The van der Waals surface area contributed by atoms with Gasteiger partial charge in [-0.1, -0.05) is 29.8 Å². The molecule has 3 rings (SSSR count). The van der Waals surface area contributed by atoms with Crippen LogP contribution in [0.15, 0.2) is 42.6 Å². The van der Waals surface area contributed by atoms with Gasteiger partial charge in [-0.15, -0.1) is 0 Å². The van der Waals surface area contributed by atoms with Crippen molar-refractivity contribution in [2.24, 2.45) is 0 Å². The van der Waals surface area contributed by atoms with Crippen molar-refractivity contribution in [2.45, 2.75) is 13.8 Å².